The number of nitrogens with one attached hydrogen (secondary N) is 1. The summed E-state index contributed by atoms with van der Waals surface area (Å²) >= 11 is 12.3. The Hall–Kier alpha value is -2.83. The van der Waals surface area contributed by atoms with E-state index >= 15 is 0 Å². The fourth-order valence-electron chi connectivity index (χ4n) is 3.32. The van der Waals surface area contributed by atoms with Crippen molar-refractivity contribution < 1.29 is 9.59 Å². The Bertz CT molecular complexity index is 1110. The molecule has 8 heteroatoms. The predicted octanol–water partition coefficient (Wildman–Crippen LogP) is 5.04. The topological polar surface area (TPSA) is 67.2 Å². The molecule has 1 aromatic heterocycles. The second-order valence-corrected chi connectivity index (χ2v) is 8.28. The average molecular weight is 457 g/mol. The number of hydrogen-bond donors (Lipinski definition) is 1. The van der Waals surface area contributed by atoms with Crippen molar-refractivity contribution in [2.75, 3.05) is 18.4 Å². The lowest BCUT2D eigenvalue weighted by Crippen LogP contribution is -2.38. The lowest BCUT2D eigenvalue weighted by Gasteiger charge is -2.20. The van der Waals surface area contributed by atoms with E-state index in [-0.39, 0.29) is 24.3 Å². The molecule has 0 aliphatic heterocycles. The van der Waals surface area contributed by atoms with Crippen LogP contribution in [0.1, 0.15) is 19.8 Å². The van der Waals surface area contributed by atoms with Crippen LogP contribution in [-0.4, -0.2) is 39.6 Å². The van der Waals surface area contributed by atoms with Crippen LogP contribution in [0.5, 0.6) is 0 Å². The minimum absolute atomic E-state index is 0.000935. The van der Waals surface area contributed by atoms with Crippen LogP contribution in [0, 0.1) is 5.92 Å². The number of anilines is 1. The molecule has 160 valence electrons. The lowest BCUT2D eigenvalue weighted by molar-refractivity contribution is -0.135. The first-order chi connectivity index (χ1) is 15.0. The number of amides is 2. The first kappa shape index (κ1) is 21.4. The molecule has 31 heavy (non-hydrogen) atoms. The Balaban J connectivity index is 1.63. The molecule has 4 rings (SSSR count). The lowest BCUT2D eigenvalue weighted by atomic mass is 10.1. The normalized spacial score (nSPS) is 13.1. The van der Waals surface area contributed by atoms with Gasteiger partial charge in [-0.25, -0.2) is 4.68 Å². The molecule has 1 N–H and O–H groups in total. The molecule has 1 aliphatic rings. The zero-order valence-electron chi connectivity index (χ0n) is 17.0. The number of benzene rings is 2. The number of carbonyl (C=O) groups excluding carboxylic acids is 2. The number of aromatic nitrogens is 2. The maximum Gasteiger partial charge on any atom is 0.245 e. The Morgan fingerprint density at radius 1 is 1.10 bits per heavy atom. The molecule has 1 heterocycles. The summed E-state index contributed by atoms with van der Waals surface area (Å²) < 4.78 is 1.61. The summed E-state index contributed by atoms with van der Waals surface area (Å²) in [6.45, 7) is 2.37. The Kier molecular flexibility index (Phi) is 6.30. The van der Waals surface area contributed by atoms with E-state index in [1.54, 1.807) is 33.8 Å². The van der Waals surface area contributed by atoms with Crippen LogP contribution in [0.2, 0.25) is 10.0 Å². The Morgan fingerprint density at radius 3 is 2.48 bits per heavy atom. The van der Waals surface area contributed by atoms with Crippen molar-refractivity contribution in [2.45, 2.75) is 19.8 Å². The van der Waals surface area contributed by atoms with E-state index in [0.717, 1.165) is 18.4 Å². The van der Waals surface area contributed by atoms with Gasteiger partial charge in [0.05, 0.1) is 28.0 Å². The van der Waals surface area contributed by atoms with E-state index in [1.165, 1.54) is 0 Å². The van der Waals surface area contributed by atoms with Crippen LogP contribution in [0.25, 0.3) is 16.9 Å². The molecule has 2 aromatic carbocycles. The Labute approximate surface area is 190 Å². The molecule has 3 aromatic rings. The van der Waals surface area contributed by atoms with E-state index in [2.05, 4.69) is 10.4 Å². The van der Waals surface area contributed by atoms with Gasteiger partial charge in [0.15, 0.2) is 0 Å². The molecule has 6 nitrogen and oxygen atoms in total. The van der Waals surface area contributed by atoms with Crippen molar-refractivity contribution in [3.8, 4) is 16.9 Å². The van der Waals surface area contributed by atoms with Crippen molar-refractivity contribution in [3.05, 3.63) is 64.6 Å². The molecule has 0 atom stereocenters. The molecule has 1 aliphatic carbocycles. The predicted molar refractivity (Wildman–Crippen MR) is 123 cm³/mol. The van der Waals surface area contributed by atoms with Crippen LogP contribution in [0.15, 0.2) is 54.6 Å². The summed E-state index contributed by atoms with van der Waals surface area (Å²) in [4.78, 5) is 26.7. The van der Waals surface area contributed by atoms with Crippen molar-refractivity contribution in [1.82, 2.24) is 14.7 Å². The highest BCUT2D eigenvalue weighted by Gasteiger charge is 2.33. The highest BCUT2D eigenvalue weighted by atomic mass is 35.5. The third kappa shape index (κ3) is 4.92. The molecule has 0 radical (unpaired) electrons. The van der Waals surface area contributed by atoms with Crippen molar-refractivity contribution in [1.29, 1.82) is 0 Å². The third-order valence-electron chi connectivity index (χ3n) is 5.15. The summed E-state index contributed by atoms with van der Waals surface area (Å²) in [5, 5.41) is 8.39. The van der Waals surface area contributed by atoms with E-state index in [4.69, 9.17) is 23.2 Å². The second-order valence-electron chi connectivity index (χ2n) is 7.47. The highest BCUT2D eigenvalue weighted by Crippen LogP contribution is 2.31. The summed E-state index contributed by atoms with van der Waals surface area (Å²) in [6.07, 6.45) is 1.81. The fourth-order valence-corrected chi connectivity index (χ4v) is 3.62. The van der Waals surface area contributed by atoms with Crippen LogP contribution in [0.3, 0.4) is 0 Å². The minimum Gasteiger partial charge on any atom is -0.333 e. The quantitative estimate of drug-likeness (QED) is 0.541. The number of hydrogen-bond acceptors (Lipinski definition) is 3. The number of halogens is 2. The van der Waals surface area contributed by atoms with Crippen molar-refractivity contribution >= 4 is 40.8 Å². The Morgan fingerprint density at radius 2 is 1.84 bits per heavy atom. The molecule has 2 amide bonds. The molecule has 0 bridgehead atoms. The molecular weight excluding hydrogens is 435 g/mol. The van der Waals surface area contributed by atoms with Gasteiger partial charge in [-0.2, -0.15) is 5.10 Å². The number of rotatable bonds is 7. The van der Waals surface area contributed by atoms with E-state index in [1.807, 2.05) is 37.3 Å². The maximum atomic E-state index is 12.8. The number of nitrogens with zero attached hydrogens (tertiary/aromatic N) is 3. The molecule has 1 saturated carbocycles. The molecule has 0 spiro atoms. The second kappa shape index (κ2) is 9.12. The zero-order chi connectivity index (χ0) is 22.0. The smallest absolute Gasteiger partial charge is 0.245 e. The van der Waals surface area contributed by atoms with Gasteiger partial charge in [0.2, 0.25) is 11.8 Å². The standard InChI is InChI=1S/C23H22Cl2N4O2/c1-2-28(23(31)16-8-9-16)14-22(30)26-21-13-20(15-6-4-3-5-7-15)27-29(21)17-10-11-18(24)19(25)12-17/h3-7,10-13,16H,2,8-9,14H2,1H3,(H,26,30). The summed E-state index contributed by atoms with van der Waals surface area (Å²) in [5.74, 6) is 0.314. The van der Waals surface area contributed by atoms with Gasteiger partial charge in [0.25, 0.3) is 0 Å². The largest absolute Gasteiger partial charge is 0.333 e. The van der Waals surface area contributed by atoms with Crippen molar-refractivity contribution in [2.24, 2.45) is 5.92 Å². The molecular formula is C23H22Cl2N4O2. The summed E-state index contributed by atoms with van der Waals surface area (Å²) in [7, 11) is 0. The summed E-state index contributed by atoms with van der Waals surface area (Å²) in [6, 6.07) is 16.6. The van der Waals surface area contributed by atoms with Gasteiger partial charge in [-0.15, -0.1) is 0 Å². The average Bonchev–Trinajstić information content (AvgIpc) is 3.55. The maximum absolute atomic E-state index is 12.8. The van der Waals surface area contributed by atoms with Gasteiger partial charge in [0.1, 0.15) is 5.82 Å². The van der Waals surface area contributed by atoms with Gasteiger partial charge in [-0.1, -0.05) is 53.5 Å². The van der Waals surface area contributed by atoms with Crippen molar-refractivity contribution in [3.63, 3.8) is 0 Å². The van der Waals surface area contributed by atoms with Gasteiger partial charge in [-0.3, -0.25) is 9.59 Å². The monoisotopic (exact) mass is 456 g/mol. The van der Waals surface area contributed by atoms with E-state index in [0.29, 0.717) is 33.8 Å². The van der Waals surface area contributed by atoms with Gasteiger partial charge in [-0.05, 0) is 38.0 Å². The minimum atomic E-state index is -0.281. The molecule has 0 saturated heterocycles. The summed E-state index contributed by atoms with van der Waals surface area (Å²) in [5.41, 5.74) is 2.27. The first-order valence-corrected chi connectivity index (χ1v) is 10.9. The van der Waals surface area contributed by atoms with Crippen LogP contribution in [-0.2, 0) is 9.59 Å². The van der Waals surface area contributed by atoms with E-state index in [9.17, 15) is 9.59 Å². The zero-order valence-corrected chi connectivity index (χ0v) is 18.5. The number of carbonyl (C=O) groups is 2. The fraction of sp³-hybridized carbons (Fsp3) is 0.261. The van der Waals surface area contributed by atoms with Gasteiger partial charge < -0.3 is 10.2 Å². The first-order valence-electron chi connectivity index (χ1n) is 10.2. The van der Waals surface area contributed by atoms with Gasteiger partial charge in [0, 0.05) is 24.1 Å². The molecule has 0 unspecified atom stereocenters. The van der Waals surface area contributed by atoms with Gasteiger partial charge >= 0.3 is 0 Å². The number of likely N-dealkylation sites (N-methyl/N-ethyl adjacent to an activating group) is 1. The van der Waals surface area contributed by atoms with Crippen LogP contribution in [0.4, 0.5) is 5.82 Å². The SMILES string of the molecule is CCN(CC(=O)Nc1cc(-c2ccccc2)nn1-c1ccc(Cl)c(Cl)c1)C(=O)C1CC1. The molecule has 1 fully saturated rings. The third-order valence-corrected chi connectivity index (χ3v) is 5.89. The van der Waals surface area contributed by atoms with Crippen LogP contribution >= 0.6 is 23.2 Å². The highest BCUT2D eigenvalue weighted by molar-refractivity contribution is 6.42. The van der Waals surface area contributed by atoms with Crippen LogP contribution < -0.4 is 5.32 Å². The van der Waals surface area contributed by atoms with E-state index < -0.39 is 0 Å².